The number of benzene rings is 1. The van der Waals surface area contributed by atoms with Gasteiger partial charge in [-0.1, -0.05) is 24.3 Å². The second-order valence-corrected chi connectivity index (χ2v) is 4.79. The molecule has 1 atom stereocenters. The highest BCUT2D eigenvalue weighted by molar-refractivity contribution is 5.82. The molecule has 1 aliphatic carbocycles. The molecule has 1 aromatic carbocycles. The molecule has 0 unspecified atom stereocenters. The number of hydrogen-bond acceptors (Lipinski definition) is 3. The Morgan fingerprint density at radius 2 is 2.00 bits per heavy atom. The maximum Gasteiger partial charge on any atom is 0.276 e. The molecule has 5 nitrogen and oxygen atoms in total. The summed E-state index contributed by atoms with van der Waals surface area (Å²) in [5.41, 5.74) is 4.55. The summed E-state index contributed by atoms with van der Waals surface area (Å²) in [7, 11) is 0. The Hall–Kier alpha value is -2.37. The molecule has 0 heterocycles. The molecular formula is C15H17FN2O3. The van der Waals surface area contributed by atoms with E-state index in [0.29, 0.717) is 6.42 Å². The number of halogens is 1. The van der Waals surface area contributed by atoms with Crippen molar-refractivity contribution in [2.45, 2.75) is 19.3 Å². The van der Waals surface area contributed by atoms with Crippen LogP contribution in [0.15, 0.2) is 36.4 Å². The molecule has 21 heavy (non-hydrogen) atoms. The van der Waals surface area contributed by atoms with Gasteiger partial charge in [-0.2, -0.15) is 0 Å². The van der Waals surface area contributed by atoms with E-state index in [-0.39, 0.29) is 24.2 Å². The van der Waals surface area contributed by atoms with E-state index in [4.69, 9.17) is 4.74 Å². The number of para-hydroxylation sites is 1. The van der Waals surface area contributed by atoms with Gasteiger partial charge in [-0.15, -0.1) is 0 Å². The van der Waals surface area contributed by atoms with Crippen LogP contribution >= 0.6 is 0 Å². The lowest BCUT2D eigenvalue weighted by Crippen LogP contribution is -2.44. The number of carbonyl (C=O) groups is 2. The van der Waals surface area contributed by atoms with Gasteiger partial charge in [-0.3, -0.25) is 20.4 Å². The molecule has 0 aliphatic heterocycles. The number of hydrazine groups is 1. The lowest BCUT2D eigenvalue weighted by molar-refractivity contribution is -0.130. The van der Waals surface area contributed by atoms with Crippen LogP contribution in [0.1, 0.15) is 19.3 Å². The van der Waals surface area contributed by atoms with E-state index < -0.39 is 11.7 Å². The summed E-state index contributed by atoms with van der Waals surface area (Å²) in [5.74, 6) is -1.12. The number of nitrogens with one attached hydrogen (secondary N) is 2. The fraction of sp³-hybridized carbons (Fsp3) is 0.333. The highest BCUT2D eigenvalue weighted by atomic mass is 19.1. The van der Waals surface area contributed by atoms with Crippen molar-refractivity contribution in [1.82, 2.24) is 10.9 Å². The zero-order valence-corrected chi connectivity index (χ0v) is 11.5. The van der Waals surface area contributed by atoms with Gasteiger partial charge in [-0.05, 0) is 30.9 Å². The third kappa shape index (κ3) is 4.91. The van der Waals surface area contributed by atoms with Crippen molar-refractivity contribution < 1.29 is 18.7 Å². The monoisotopic (exact) mass is 292 g/mol. The van der Waals surface area contributed by atoms with Crippen LogP contribution in [-0.4, -0.2) is 18.4 Å². The molecule has 0 saturated carbocycles. The first-order valence-corrected chi connectivity index (χ1v) is 6.77. The Morgan fingerprint density at radius 1 is 1.24 bits per heavy atom. The minimum absolute atomic E-state index is 0.00457. The molecule has 2 amide bonds. The zero-order chi connectivity index (χ0) is 15.1. The van der Waals surface area contributed by atoms with Gasteiger partial charge < -0.3 is 4.74 Å². The maximum atomic E-state index is 13.2. The summed E-state index contributed by atoms with van der Waals surface area (Å²) in [6.45, 7) is -0.370. The average molecular weight is 292 g/mol. The predicted octanol–water partition coefficient (Wildman–Crippen LogP) is 1.71. The molecule has 0 spiro atoms. The third-order valence-corrected chi connectivity index (χ3v) is 3.10. The molecular weight excluding hydrogens is 275 g/mol. The number of allylic oxidation sites excluding steroid dienone is 2. The van der Waals surface area contributed by atoms with Gasteiger partial charge in [-0.25, -0.2) is 4.39 Å². The van der Waals surface area contributed by atoms with E-state index in [0.717, 1.165) is 12.8 Å². The van der Waals surface area contributed by atoms with Crippen LogP contribution in [0.4, 0.5) is 4.39 Å². The summed E-state index contributed by atoms with van der Waals surface area (Å²) in [4.78, 5) is 23.1. The lowest BCUT2D eigenvalue weighted by Gasteiger charge is -2.10. The SMILES string of the molecule is O=C(COc1ccccc1F)NNC(=O)C[C@@H]1C=CCC1. The summed E-state index contributed by atoms with van der Waals surface area (Å²) in [6.07, 6.45) is 6.32. The summed E-state index contributed by atoms with van der Waals surface area (Å²) in [6, 6.07) is 5.80. The van der Waals surface area contributed by atoms with Crippen molar-refractivity contribution in [2.75, 3.05) is 6.61 Å². The topological polar surface area (TPSA) is 67.4 Å². The van der Waals surface area contributed by atoms with Crippen LogP contribution in [0.25, 0.3) is 0 Å². The molecule has 1 aromatic rings. The van der Waals surface area contributed by atoms with E-state index in [2.05, 4.69) is 10.9 Å². The zero-order valence-electron chi connectivity index (χ0n) is 11.5. The minimum Gasteiger partial charge on any atom is -0.481 e. The molecule has 0 fully saturated rings. The van der Waals surface area contributed by atoms with Crippen molar-refractivity contribution in [3.63, 3.8) is 0 Å². The average Bonchev–Trinajstić information content (AvgIpc) is 2.97. The first-order valence-electron chi connectivity index (χ1n) is 6.77. The van der Waals surface area contributed by atoms with Crippen molar-refractivity contribution in [3.8, 4) is 5.75 Å². The van der Waals surface area contributed by atoms with E-state index in [9.17, 15) is 14.0 Å². The minimum atomic E-state index is -0.548. The number of carbonyl (C=O) groups excluding carboxylic acids is 2. The number of hydrogen-bond donors (Lipinski definition) is 2. The van der Waals surface area contributed by atoms with E-state index in [1.807, 2.05) is 12.2 Å². The van der Waals surface area contributed by atoms with Crippen LogP contribution in [0.2, 0.25) is 0 Å². The Kier molecular flexibility index (Phi) is 5.31. The summed E-state index contributed by atoms with van der Waals surface area (Å²) in [5, 5.41) is 0. The highest BCUT2D eigenvalue weighted by Crippen LogP contribution is 2.19. The molecule has 0 bridgehead atoms. The van der Waals surface area contributed by atoms with Gasteiger partial charge in [0.1, 0.15) is 0 Å². The van der Waals surface area contributed by atoms with Gasteiger partial charge in [0.25, 0.3) is 5.91 Å². The molecule has 2 N–H and O–H groups in total. The van der Waals surface area contributed by atoms with Crippen molar-refractivity contribution in [3.05, 3.63) is 42.2 Å². The fourth-order valence-corrected chi connectivity index (χ4v) is 2.04. The van der Waals surface area contributed by atoms with Crippen LogP contribution in [0.3, 0.4) is 0 Å². The van der Waals surface area contributed by atoms with Gasteiger partial charge in [0.05, 0.1) is 0 Å². The molecule has 0 saturated heterocycles. The van der Waals surface area contributed by atoms with Crippen LogP contribution < -0.4 is 15.6 Å². The van der Waals surface area contributed by atoms with Gasteiger partial charge in [0, 0.05) is 6.42 Å². The summed E-state index contributed by atoms with van der Waals surface area (Å²) >= 11 is 0. The van der Waals surface area contributed by atoms with Gasteiger partial charge >= 0.3 is 0 Å². The maximum absolute atomic E-state index is 13.2. The van der Waals surface area contributed by atoms with Gasteiger partial charge in [0.2, 0.25) is 5.91 Å². The normalized spacial score (nSPS) is 16.5. The van der Waals surface area contributed by atoms with Crippen molar-refractivity contribution in [2.24, 2.45) is 5.92 Å². The Bertz CT molecular complexity index is 545. The van der Waals surface area contributed by atoms with Crippen LogP contribution in [0.5, 0.6) is 5.75 Å². The van der Waals surface area contributed by atoms with Crippen LogP contribution in [0, 0.1) is 11.7 Å². The van der Waals surface area contributed by atoms with E-state index in [1.54, 1.807) is 6.07 Å². The smallest absolute Gasteiger partial charge is 0.276 e. The van der Waals surface area contributed by atoms with Gasteiger partial charge in [0.15, 0.2) is 18.2 Å². The Balaban J connectivity index is 1.66. The number of ether oxygens (including phenoxy) is 1. The van der Waals surface area contributed by atoms with E-state index >= 15 is 0 Å². The molecule has 0 aromatic heterocycles. The van der Waals surface area contributed by atoms with Crippen molar-refractivity contribution in [1.29, 1.82) is 0 Å². The quantitative estimate of drug-likeness (QED) is 0.641. The number of rotatable bonds is 5. The fourth-order valence-electron chi connectivity index (χ4n) is 2.04. The molecule has 112 valence electrons. The first kappa shape index (κ1) is 15.0. The summed E-state index contributed by atoms with van der Waals surface area (Å²) < 4.78 is 18.3. The predicted molar refractivity (Wildman–Crippen MR) is 74.7 cm³/mol. The lowest BCUT2D eigenvalue weighted by atomic mass is 10.1. The van der Waals surface area contributed by atoms with Crippen molar-refractivity contribution >= 4 is 11.8 Å². The van der Waals surface area contributed by atoms with E-state index in [1.165, 1.54) is 18.2 Å². The molecule has 1 aliphatic rings. The molecule has 0 radical (unpaired) electrons. The second kappa shape index (κ2) is 7.42. The Labute approximate surface area is 122 Å². The standard InChI is InChI=1S/C15H17FN2O3/c16-12-7-3-4-8-13(12)21-10-15(20)18-17-14(19)9-11-5-1-2-6-11/h1,3-5,7-8,11H,2,6,9-10H2,(H,17,19)(H,18,20)/t11-/m1/s1. The highest BCUT2D eigenvalue weighted by Gasteiger charge is 2.14. The third-order valence-electron chi connectivity index (χ3n) is 3.10. The molecule has 2 rings (SSSR count). The second-order valence-electron chi connectivity index (χ2n) is 4.79. The first-order chi connectivity index (χ1) is 10.1. The molecule has 6 heteroatoms. The largest absolute Gasteiger partial charge is 0.481 e. The Morgan fingerprint density at radius 3 is 2.71 bits per heavy atom. The van der Waals surface area contributed by atoms with Crippen LogP contribution in [-0.2, 0) is 9.59 Å². The number of amides is 2.